The average molecular weight is 359 g/mol. The Hall–Kier alpha value is -2.14. The molecule has 2 rings (SSSR count). The molecule has 1 amide bonds. The number of ether oxygens (including phenoxy) is 1. The van der Waals surface area contributed by atoms with Gasteiger partial charge < -0.3 is 10.1 Å². The summed E-state index contributed by atoms with van der Waals surface area (Å²) in [5.41, 5.74) is 2.18. The van der Waals surface area contributed by atoms with Crippen molar-refractivity contribution in [2.24, 2.45) is 0 Å². The molecule has 0 radical (unpaired) electrons. The molecule has 0 atom stereocenters. The quantitative estimate of drug-likeness (QED) is 0.475. The van der Waals surface area contributed by atoms with E-state index in [0.717, 1.165) is 36.8 Å². The predicted octanol–water partition coefficient (Wildman–Crippen LogP) is 5.50. The number of esters is 1. The van der Waals surface area contributed by atoms with Crippen molar-refractivity contribution in [2.45, 2.75) is 46.0 Å². The van der Waals surface area contributed by atoms with Crippen molar-refractivity contribution >= 4 is 28.2 Å². The molecule has 0 aliphatic rings. The Kier molecular flexibility index (Phi) is 7.67. The van der Waals surface area contributed by atoms with Gasteiger partial charge in [-0.25, -0.2) is 4.79 Å². The summed E-state index contributed by atoms with van der Waals surface area (Å²) < 4.78 is 5.20. The molecule has 4 nitrogen and oxygen atoms in total. The summed E-state index contributed by atoms with van der Waals surface area (Å²) in [6, 6.07) is 9.67. The van der Waals surface area contributed by atoms with Crippen LogP contribution in [0.2, 0.25) is 0 Å². The van der Waals surface area contributed by atoms with Crippen molar-refractivity contribution in [3.63, 3.8) is 0 Å². The van der Waals surface area contributed by atoms with E-state index in [1.807, 2.05) is 35.7 Å². The van der Waals surface area contributed by atoms with Crippen LogP contribution in [-0.2, 0) is 9.53 Å². The second-order valence-corrected chi connectivity index (χ2v) is 6.68. The van der Waals surface area contributed by atoms with E-state index >= 15 is 0 Å². The number of nitrogens with one attached hydrogen (secondary N) is 1. The Labute approximate surface area is 153 Å². The zero-order chi connectivity index (χ0) is 18.1. The van der Waals surface area contributed by atoms with Crippen LogP contribution in [0.5, 0.6) is 0 Å². The fourth-order valence-electron chi connectivity index (χ4n) is 2.59. The molecule has 0 aliphatic heterocycles. The van der Waals surface area contributed by atoms with Crippen LogP contribution >= 0.6 is 11.3 Å². The summed E-state index contributed by atoms with van der Waals surface area (Å²) >= 11 is 1.36. The fraction of sp³-hybridized carbons (Fsp3) is 0.400. The molecule has 134 valence electrons. The fourth-order valence-corrected chi connectivity index (χ4v) is 3.56. The third-order valence-corrected chi connectivity index (χ3v) is 4.76. The van der Waals surface area contributed by atoms with Crippen molar-refractivity contribution in [2.75, 3.05) is 11.9 Å². The smallest absolute Gasteiger partial charge is 0.341 e. The van der Waals surface area contributed by atoms with Crippen LogP contribution in [0.3, 0.4) is 0 Å². The maximum Gasteiger partial charge on any atom is 0.341 e. The van der Waals surface area contributed by atoms with Crippen LogP contribution in [0.25, 0.3) is 11.1 Å². The Balaban J connectivity index is 2.19. The molecule has 1 N–H and O–H groups in total. The number of anilines is 1. The molecule has 0 spiro atoms. The van der Waals surface area contributed by atoms with E-state index in [1.165, 1.54) is 11.3 Å². The Morgan fingerprint density at radius 1 is 1.08 bits per heavy atom. The SMILES string of the molecule is CCCCCCC(=O)Nc1scc(-c2ccccc2)c1C(=O)OCC. The number of hydrogen-bond donors (Lipinski definition) is 1. The lowest BCUT2D eigenvalue weighted by atomic mass is 10.0. The van der Waals surface area contributed by atoms with Crippen LogP contribution in [-0.4, -0.2) is 18.5 Å². The second kappa shape index (κ2) is 9.99. The van der Waals surface area contributed by atoms with E-state index in [4.69, 9.17) is 4.74 Å². The van der Waals surface area contributed by atoms with Crippen LogP contribution in [0.4, 0.5) is 5.00 Å². The summed E-state index contributed by atoms with van der Waals surface area (Å²) in [5.74, 6) is -0.452. The van der Waals surface area contributed by atoms with Crippen LogP contribution in [0, 0.1) is 0 Å². The first kappa shape index (κ1) is 19.2. The highest BCUT2D eigenvalue weighted by Crippen LogP contribution is 2.36. The van der Waals surface area contributed by atoms with E-state index < -0.39 is 5.97 Å². The number of rotatable bonds is 9. The highest BCUT2D eigenvalue weighted by molar-refractivity contribution is 7.15. The molecule has 25 heavy (non-hydrogen) atoms. The molecule has 1 heterocycles. The van der Waals surface area contributed by atoms with E-state index in [-0.39, 0.29) is 5.91 Å². The van der Waals surface area contributed by atoms with Gasteiger partial charge in [-0.2, -0.15) is 0 Å². The van der Waals surface area contributed by atoms with Gasteiger partial charge in [-0.1, -0.05) is 56.5 Å². The van der Waals surface area contributed by atoms with E-state index in [9.17, 15) is 9.59 Å². The van der Waals surface area contributed by atoms with Gasteiger partial charge in [0.25, 0.3) is 0 Å². The first-order valence-electron chi connectivity index (χ1n) is 8.81. The molecular formula is C20H25NO3S. The minimum Gasteiger partial charge on any atom is -0.462 e. The van der Waals surface area contributed by atoms with Crippen molar-refractivity contribution in [1.82, 2.24) is 0 Å². The van der Waals surface area contributed by atoms with Gasteiger partial charge in [-0.3, -0.25) is 4.79 Å². The van der Waals surface area contributed by atoms with Crippen molar-refractivity contribution in [1.29, 1.82) is 0 Å². The molecule has 2 aromatic rings. The Morgan fingerprint density at radius 3 is 2.52 bits per heavy atom. The second-order valence-electron chi connectivity index (χ2n) is 5.80. The zero-order valence-electron chi connectivity index (χ0n) is 14.8. The molecule has 1 aromatic heterocycles. The number of amides is 1. The van der Waals surface area contributed by atoms with Gasteiger partial charge >= 0.3 is 5.97 Å². The van der Waals surface area contributed by atoms with E-state index in [1.54, 1.807) is 6.92 Å². The monoisotopic (exact) mass is 359 g/mol. The lowest BCUT2D eigenvalue weighted by molar-refractivity contribution is -0.116. The molecule has 0 fully saturated rings. The number of carbonyl (C=O) groups is 2. The number of unbranched alkanes of at least 4 members (excludes halogenated alkanes) is 3. The van der Waals surface area contributed by atoms with Crippen molar-refractivity contribution < 1.29 is 14.3 Å². The van der Waals surface area contributed by atoms with Crippen LogP contribution in [0.15, 0.2) is 35.7 Å². The van der Waals surface area contributed by atoms with Crippen LogP contribution < -0.4 is 5.32 Å². The average Bonchev–Trinajstić information content (AvgIpc) is 3.03. The first-order valence-corrected chi connectivity index (χ1v) is 9.69. The van der Waals surface area contributed by atoms with Crippen molar-refractivity contribution in [3.05, 3.63) is 41.3 Å². The van der Waals surface area contributed by atoms with Gasteiger partial charge in [0.05, 0.1) is 6.61 Å². The molecular weight excluding hydrogens is 334 g/mol. The lowest BCUT2D eigenvalue weighted by Gasteiger charge is -2.09. The molecule has 0 aliphatic carbocycles. The van der Waals surface area contributed by atoms with E-state index in [0.29, 0.717) is 23.6 Å². The predicted molar refractivity (Wildman–Crippen MR) is 103 cm³/mol. The van der Waals surface area contributed by atoms with E-state index in [2.05, 4.69) is 12.2 Å². The topological polar surface area (TPSA) is 55.4 Å². The zero-order valence-corrected chi connectivity index (χ0v) is 15.7. The first-order chi connectivity index (χ1) is 12.2. The van der Waals surface area contributed by atoms with Gasteiger partial charge in [0.1, 0.15) is 10.6 Å². The largest absolute Gasteiger partial charge is 0.462 e. The normalized spacial score (nSPS) is 10.5. The summed E-state index contributed by atoms with van der Waals surface area (Å²) in [5, 5.41) is 5.36. The molecule has 0 saturated carbocycles. The summed E-state index contributed by atoms with van der Waals surface area (Å²) in [6.45, 7) is 4.22. The van der Waals surface area contributed by atoms with Crippen LogP contribution in [0.1, 0.15) is 56.3 Å². The maximum absolute atomic E-state index is 12.4. The molecule has 0 bridgehead atoms. The Bertz CT molecular complexity index is 694. The number of hydrogen-bond acceptors (Lipinski definition) is 4. The Morgan fingerprint density at radius 2 is 1.84 bits per heavy atom. The minimum absolute atomic E-state index is 0.0527. The van der Waals surface area contributed by atoms with Crippen molar-refractivity contribution in [3.8, 4) is 11.1 Å². The number of carbonyl (C=O) groups excluding carboxylic acids is 2. The molecule has 5 heteroatoms. The highest BCUT2D eigenvalue weighted by Gasteiger charge is 2.22. The highest BCUT2D eigenvalue weighted by atomic mass is 32.1. The van der Waals surface area contributed by atoms with Gasteiger partial charge in [0, 0.05) is 17.4 Å². The van der Waals surface area contributed by atoms with Gasteiger partial charge in [-0.15, -0.1) is 11.3 Å². The summed E-state index contributed by atoms with van der Waals surface area (Å²) in [4.78, 5) is 24.6. The minimum atomic E-state index is -0.399. The summed E-state index contributed by atoms with van der Waals surface area (Å²) in [6.07, 6.45) is 4.67. The lowest BCUT2D eigenvalue weighted by Crippen LogP contribution is -2.14. The molecule has 0 saturated heterocycles. The summed E-state index contributed by atoms with van der Waals surface area (Å²) in [7, 11) is 0. The van der Waals surface area contributed by atoms with Gasteiger partial charge in [0.2, 0.25) is 5.91 Å². The number of benzene rings is 1. The molecule has 0 unspecified atom stereocenters. The third-order valence-electron chi connectivity index (χ3n) is 3.87. The standard InChI is InChI=1S/C20H25NO3S/c1-3-5-6-10-13-17(22)21-19-18(20(23)24-4-2)16(14-25-19)15-11-8-7-9-12-15/h7-9,11-12,14H,3-6,10,13H2,1-2H3,(H,21,22). The van der Waals surface area contributed by atoms with Gasteiger partial charge in [0.15, 0.2) is 0 Å². The van der Waals surface area contributed by atoms with Gasteiger partial charge in [-0.05, 0) is 18.9 Å². The third kappa shape index (κ3) is 5.43. The number of thiophene rings is 1. The maximum atomic E-state index is 12.4. The molecule has 1 aromatic carbocycles.